The molecule has 0 amide bonds. The maximum Gasteiger partial charge on any atom is 0.268 e. The average molecular weight is 201 g/mol. The molecule has 1 aliphatic heterocycles. The molecule has 1 N–H and O–H groups in total. The Morgan fingerprint density at radius 1 is 1.29 bits per heavy atom. The van der Waals surface area contributed by atoms with Gasteiger partial charge < -0.3 is 5.32 Å². The van der Waals surface area contributed by atoms with E-state index in [9.17, 15) is 13.2 Å². The first kappa shape index (κ1) is 9.52. The van der Waals surface area contributed by atoms with Gasteiger partial charge in [0.05, 0.1) is 6.04 Å². The third-order valence-electron chi connectivity index (χ3n) is 2.45. The second-order valence-electron chi connectivity index (χ2n) is 3.42. The minimum absolute atomic E-state index is 0.0509. The quantitative estimate of drug-likeness (QED) is 0.736. The largest absolute Gasteiger partial charge is 0.305 e. The highest BCUT2D eigenvalue weighted by molar-refractivity contribution is 5.24. The summed E-state index contributed by atoms with van der Waals surface area (Å²) in [6, 6.07) is 4.47. The molecule has 1 saturated heterocycles. The molecule has 1 unspecified atom stereocenters. The molecule has 0 saturated carbocycles. The second-order valence-corrected chi connectivity index (χ2v) is 3.42. The number of rotatable bonds is 1. The van der Waals surface area contributed by atoms with Crippen LogP contribution >= 0.6 is 0 Å². The van der Waals surface area contributed by atoms with Crippen molar-refractivity contribution in [2.45, 2.75) is 18.4 Å². The highest BCUT2D eigenvalue weighted by Gasteiger charge is 2.45. The van der Waals surface area contributed by atoms with Crippen molar-refractivity contribution in [3.63, 3.8) is 0 Å². The first-order valence-electron chi connectivity index (χ1n) is 4.47. The van der Waals surface area contributed by atoms with Crippen molar-refractivity contribution in [3.05, 3.63) is 35.6 Å². The first-order valence-corrected chi connectivity index (χ1v) is 4.47. The number of hydrogen-bond donors (Lipinski definition) is 1. The minimum atomic E-state index is -2.85. The van der Waals surface area contributed by atoms with Gasteiger partial charge in [-0.25, -0.2) is 13.2 Å². The van der Waals surface area contributed by atoms with Gasteiger partial charge in [-0.05, 0) is 6.07 Å². The van der Waals surface area contributed by atoms with E-state index in [1.807, 2.05) is 0 Å². The third-order valence-corrected chi connectivity index (χ3v) is 2.45. The maximum atomic E-state index is 13.2. The fourth-order valence-corrected chi connectivity index (χ4v) is 1.72. The molecule has 1 aliphatic rings. The molecule has 1 aromatic rings. The summed E-state index contributed by atoms with van der Waals surface area (Å²) in [4.78, 5) is 0. The molecule has 1 fully saturated rings. The Balaban J connectivity index is 2.36. The molecule has 14 heavy (non-hydrogen) atoms. The first-order chi connectivity index (χ1) is 6.61. The van der Waals surface area contributed by atoms with Gasteiger partial charge in [-0.2, -0.15) is 0 Å². The Bertz CT molecular complexity index is 338. The number of benzene rings is 1. The molecule has 2 rings (SSSR count). The standard InChI is InChI=1S/C10H10F3N/c11-8-4-2-1-3-7(8)9-10(12,13)5-6-14-9/h1-4,9,14H,5-6H2. The van der Waals surface area contributed by atoms with Crippen molar-refractivity contribution in [1.82, 2.24) is 5.32 Å². The summed E-state index contributed by atoms with van der Waals surface area (Å²) in [5.74, 6) is -3.42. The van der Waals surface area contributed by atoms with Crippen LogP contribution in [0.4, 0.5) is 13.2 Å². The Labute approximate surface area is 79.9 Å². The van der Waals surface area contributed by atoms with Crippen molar-refractivity contribution in [1.29, 1.82) is 0 Å². The fourth-order valence-electron chi connectivity index (χ4n) is 1.72. The van der Waals surface area contributed by atoms with E-state index < -0.39 is 17.8 Å². The lowest BCUT2D eigenvalue weighted by atomic mass is 10.0. The van der Waals surface area contributed by atoms with E-state index in [1.165, 1.54) is 18.2 Å². The SMILES string of the molecule is Fc1ccccc1C1NCCC1(F)F. The zero-order valence-corrected chi connectivity index (χ0v) is 7.43. The van der Waals surface area contributed by atoms with Crippen LogP contribution in [0.5, 0.6) is 0 Å². The highest BCUT2D eigenvalue weighted by atomic mass is 19.3. The van der Waals surface area contributed by atoms with Crippen LogP contribution in [-0.4, -0.2) is 12.5 Å². The summed E-state index contributed by atoms with van der Waals surface area (Å²) in [7, 11) is 0. The number of alkyl halides is 2. The Morgan fingerprint density at radius 3 is 2.57 bits per heavy atom. The molecule has 1 aromatic carbocycles. The van der Waals surface area contributed by atoms with Gasteiger partial charge in [-0.1, -0.05) is 18.2 Å². The minimum Gasteiger partial charge on any atom is -0.305 e. The molecule has 0 aliphatic carbocycles. The number of nitrogens with one attached hydrogen (secondary N) is 1. The highest BCUT2D eigenvalue weighted by Crippen LogP contribution is 2.38. The summed E-state index contributed by atoms with van der Waals surface area (Å²) < 4.78 is 39.7. The van der Waals surface area contributed by atoms with Crippen molar-refractivity contribution in [3.8, 4) is 0 Å². The Morgan fingerprint density at radius 2 is 2.00 bits per heavy atom. The zero-order chi connectivity index (χ0) is 10.2. The summed E-state index contributed by atoms with van der Waals surface area (Å²) in [6.45, 7) is 0.228. The van der Waals surface area contributed by atoms with E-state index in [2.05, 4.69) is 5.32 Å². The average Bonchev–Trinajstić information content (AvgIpc) is 2.46. The molecule has 0 bridgehead atoms. The molecule has 1 nitrogen and oxygen atoms in total. The maximum absolute atomic E-state index is 13.2. The van der Waals surface area contributed by atoms with E-state index >= 15 is 0 Å². The fraction of sp³-hybridized carbons (Fsp3) is 0.400. The van der Waals surface area contributed by atoms with Gasteiger partial charge in [0.15, 0.2) is 0 Å². The van der Waals surface area contributed by atoms with Gasteiger partial charge in [-0.3, -0.25) is 0 Å². The molecule has 0 aromatic heterocycles. The van der Waals surface area contributed by atoms with Crippen LogP contribution < -0.4 is 5.32 Å². The topological polar surface area (TPSA) is 12.0 Å². The van der Waals surface area contributed by atoms with Crippen LogP contribution in [-0.2, 0) is 0 Å². The monoisotopic (exact) mass is 201 g/mol. The predicted octanol–water partition coefficient (Wildman–Crippen LogP) is 2.50. The van der Waals surface area contributed by atoms with E-state index in [0.29, 0.717) is 0 Å². The van der Waals surface area contributed by atoms with Crippen molar-refractivity contribution < 1.29 is 13.2 Å². The molecular formula is C10H10F3N. The molecular weight excluding hydrogens is 191 g/mol. The molecule has 4 heteroatoms. The summed E-state index contributed by atoms with van der Waals surface area (Å²) in [6.07, 6.45) is -0.230. The predicted molar refractivity (Wildman–Crippen MR) is 46.7 cm³/mol. The molecule has 1 atom stereocenters. The van der Waals surface area contributed by atoms with Gasteiger partial charge in [0.1, 0.15) is 5.82 Å². The van der Waals surface area contributed by atoms with Gasteiger partial charge in [0, 0.05) is 18.5 Å². The number of hydrogen-bond acceptors (Lipinski definition) is 1. The summed E-state index contributed by atoms with van der Waals surface area (Å²) in [5, 5.41) is 2.61. The zero-order valence-electron chi connectivity index (χ0n) is 7.43. The van der Waals surface area contributed by atoms with E-state index in [0.717, 1.165) is 0 Å². The van der Waals surface area contributed by atoms with Gasteiger partial charge >= 0.3 is 0 Å². The third kappa shape index (κ3) is 1.50. The van der Waals surface area contributed by atoms with Crippen LogP contribution in [0.3, 0.4) is 0 Å². The molecule has 76 valence electrons. The Kier molecular flexibility index (Phi) is 2.23. The lowest BCUT2D eigenvalue weighted by Crippen LogP contribution is -2.27. The lowest BCUT2D eigenvalue weighted by molar-refractivity contribution is -0.0126. The second kappa shape index (κ2) is 3.28. The van der Waals surface area contributed by atoms with Crippen LogP contribution in [0, 0.1) is 5.82 Å². The smallest absolute Gasteiger partial charge is 0.268 e. The van der Waals surface area contributed by atoms with Crippen molar-refractivity contribution in [2.24, 2.45) is 0 Å². The normalized spacial score (nSPS) is 25.2. The van der Waals surface area contributed by atoms with E-state index in [1.54, 1.807) is 6.07 Å². The van der Waals surface area contributed by atoms with Gasteiger partial charge in [-0.15, -0.1) is 0 Å². The van der Waals surface area contributed by atoms with Crippen LogP contribution in [0.2, 0.25) is 0 Å². The van der Waals surface area contributed by atoms with Crippen LogP contribution in [0.15, 0.2) is 24.3 Å². The van der Waals surface area contributed by atoms with Gasteiger partial charge in [0.2, 0.25) is 0 Å². The van der Waals surface area contributed by atoms with Crippen molar-refractivity contribution in [2.75, 3.05) is 6.54 Å². The number of halogens is 3. The van der Waals surface area contributed by atoms with Crippen LogP contribution in [0.1, 0.15) is 18.0 Å². The van der Waals surface area contributed by atoms with E-state index in [-0.39, 0.29) is 18.5 Å². The van der Waals surface area contributed by atoms with E-state index in [4.69, 9.17) is 0 Å². The van der Waals surface area contributed by atoms with Crippen LogP contribution in [0.25, 0.3) is 0 Å². The Hall–Kier alpha value is -1.03. The summed E-state index contributed by atoms with van der Waals surface area (Å²) >= 11 is 0. The summed E-state index contributed by atoms with van der Waals surface area (Å²) in [5.41, 5.74) is 0.0509. The van der Waals surface area contributed by atoms with Gasteiger partial charge in [0.25, 0.3) is 5.92 Å². The lowest BCUT2D eigenvalue weighted by Gasteiger charge is -2.19. The molecule has 0 radical (unpaired) electrons. The molecule has 1 heterocycles. The van der Waals surface area contributed by atoms with Crippen molar-refractivity contribution >= 4 is 0 Å². The molecule has 0 spiro atoms.